The third-order valence-corrected chi connectivity index (χ3v) is 6.45. The molecule has 4 fully saturated rings. The number of urea groups is 1. The minimum atomic E-state index is 0.0849. The number of carbonyl (C=O) groups excluding carboxylic acids is 3. The van der Waals surface area contributed by atoms with Crippen LogP contribution in [0.25, 0.3) is 0 Å². The van der Waals surface area contributed by atoms with Crippen LogP contribution in [0.1, 0.15) is 32.6 Å². The van der Waals surface area contributed by atoms with Gasteiger partial charge in [0, 0.05) is 65.2 Å². The lowest BCUT2D eigenvalue weighted by atomic mass is 9.76. The second kappa shape index (κ2) is 6.50. The molecule has 0 N–H and O–H groups in total. The van der Waals surface area contributed by atoms with Crippen LogP contribution in [-0.2, 0) is 9.59 Å². The number of piperidine rings is 3. The highest BCUT2D eigenvalue weighted by molar-refractivity contribution is 5.78. The summed E-state index contributed by atoms with van der Waals surface area (Å²) in [5.74, 6) is 1.24. The van der Waals surface area contributed by atoms with Crippen molar-refractivity contribution in [3.63, 3.8) is 0 Å². The number of hydrogen-bond acceptors (Lipinski definition) is 3. The number of likely N-dealkylation sites (tertiary alicyclic amines) is 1. The maximum absolute atomic E-state index is 13.0. The van der Waals surface area contributed by atoms with Gasteiger partial charge in [0.25, 0.3) is 0 Å². The van der Waals surface area contributed by atoms with E-state index in [0.717, 1.165) is 38.9 Å². The van der Waals surface area contributed by atoms with E-state index < -0.39 is 0 Å². The molecule has 7 nitrogen and oxygen atoms in total. The van der Waals surface area contributed by atoms with Gasteiger partial charge in [0.15, 0.2) is 0 Å². The summed E-state index contributed by atoms with van der Waals surface area (Å²) in [4.78, 5) is 44.4. The molecule has 0 aromatic heterocycles. The molecule has 2 bridgehead atoms. The summed E-state index contributed by atoms with van der Waals surface area (Å²) >= 11 is 0. The number of nitrogens with zero attached hydrogens (tertiary/aromatic N) is 4. The van der Waals surface area contributed by atoms with Gasteiger partial charge in [-0.05, 0) is 31.1 Å². The molecule has 4 aliphatic heterocycles. The number of fused-ring (bicyclic) bond motifs is 4. The Labute approximate surface area is 148 Å². The SMILES string of the molecule is CC(=O)N1CCN(C(=O)N2C[C@H]3C[C@H](C2)[C@H]2CCCC(=O)N2C3)CC1. The molecule has 0 unspecified atom stereocenters. The monoisotopic (exact) mass is 348 g/mol. The standard InChI is InChI=1S/C18H28N4O3/c1-13(23)19-5-7-20(8-6-19)18(25)21-10-14-9-15(12-21)16-3-2-4-17(24)22(16)11-14/h14-16H,2-12H2,1H3/t14-,15-,16-/m1/s1. The maximum Gasteiger partial charge on any atom is 0.320 e. The zero-order valence-corrected chi connectivity index (χ0v) is 15.0. The largest absolute Gasteiger partial charge is 0.339 e. The first-order chi connectivity index (χ1) is 12.0. The van der Waals surface area contributed by atoms with Gasteiger partial charge in [-0.3, -0.25) is 9.59 Å². The number of carbonyl (C=O) groups is 3. The van der Waals surface area contributed by atoms with Gasteiger partial charge < -0.3 is 19.6 Å². The van der Waals surface area contributed by atoms with Crippen LogP contribution in [0.3, 0.4) is 0 Å². The molecule has 0 radical (unpaired) electrons. The van der Waals surface area contributed by atoms with Gasteiger partial charge in [-0.25, -0.2) is 4.79 Å². The third kappa shape index (κ3) is 3.09. The topological polar surface area (TPSA) is 64.2 Å². The van der Waals surface area contributed by atoms with E-state index >= 15 is 0 Å². The third-order valence-electron chi connectivity index (χ3n) is 6.45. The predicted molar refractivity (Wildman–Crippen MR) is 91.7 cm³/mol. The Morgan fingerprint density at radius 2 is 1.68 bits per heavy atom. The number of piperazine rings is 1. The summed E-state index contributed by atoms with van der Waals surface area (Å²) in [6, 6.07) is 0.455. The average Bonchev–Trinajstić information content (AvgIpc) is 2.62. The van der Waals surface area contributed by atoms with Crippen molar-refractivity contribution in [2.45, 2.75) is 38.6 Å². The molecule has 0 saturated carbocycles. The van der Waals surface area contributed by atoms with Crippen molar-refractivity contribution in [2.24, 2.45) is 11.8 Å². The van der Waals surface area contributed by atoms with E-state index in [1.54, 1.807) is 11.8 Å². The molecular formula is C18H28N4O3. The van der Waals surface area contributed by atoms with Crippen molar-refractivity contribution in [2.75, 3.05) is 45.8 Å². The van der Waals surface area contributed by atoms with Gasteiger partial charge in [-0.2, -0.15) is 0 Å². The number of hydrogen-bond donors (Lipinski definition) is 0. The van der Waals surface area contributed by atoms with Crippen molar-refractivity contribution in [3.05, 3.63) is 0 Å². The van der Waals surface area contributed by atoms with E-state index in [4.69, 9.17) is 0 Å². The van der Waals surface area contributed by atoms with Crippen LogP contribution in [-0.4, -0.2) is 89.3 Å². The molecule has 4 amide bonds. The molecule has 4 aliphatic rings. The van der Waals surface area contributed by atoms with E-state index in [1.165, 1.54) is 0 Å². The normalized spacial score (nSPS) is 32.5. The zero-order chi connectivity index (χ0) is 17.6. The first-order valence-corrected chi connectivity index (χ1v) is 9.61. The second-order valence-corrected chi connectivity index (χ2v) is 8.05. The van der Waals surface area contributed by atoms with Crippen LogP contribution >= 0.6 is 0 Å². The van der Waals surface area contributed by atoms with Crippen molar-refractivity contribution in [1.29, 1.82) is 0 Å². The minimum Gasteiger partial charge on any atom is -0.339 e. The minimum absolute atomic E-state index is 0.0849. The Morgan fingerprint density at radius 3 is 2.40 bits per heavy atom. The molecule has 138 valence electrons. The molecule has 4 saturated heterocycles. The van der Waals surface area contributed by atoms with E-state index in [0.29, 0.717) is 56.4 Å². The van der Waals surface area contributed by atoms with E-state index in [2.05, 4.69) is 4.90 Å². The lowest BCUT2D eigenvalue weighted by Crippen LogP contribution is -2.63. The molecule has 25 heavy (non-hydrogen) atoms. The van der Waals surface area contributed by atoms with Crippen molar-refractivity contribution < 1.29 is 14.4 Å². The van der Waals surface area contributed by atoms with E-state index in [-0.39, 0.29) is 11.9 Å². The second-order valence-electron chi connectivity index (χ2n) is 8.05. The summed E-state index contributed by atoms with van der Waals surface area (Å²) in [6.45, 7) is 6.45. The Hall–Kier alpha value is -1.79. The molecule has 7 heteroatoms. The fraction of sp³-hybridized carbons (Fsp3) is 0.833. The summed E-state index contributed by atoms with van der Waals surface area (Å²) in [5, 5.41) is 0. The first-order valence-electron chi connectivity index (χ1n) is 9.61. The summed E-state index contributed by atoms with van der Waals surface area (Å²) in [7, 11) is 0. The Kier molecular flexibility index (Phi) is 4.33. The Balaban J connectivity index is 1.39. The molecule has 4 heterocycles. The highest BCUT2D eigenvalue weighted by atomic mass is 16.2. The lowest BCUT2D eigenvalue weighted by molar-refractivity contribution is -0.144. The Bertz CT molecular complexity index is 573. The van der Waals surface area contributed by atoms with Crippen molar-refractivity contribution in [3.8, 4) is 0 Å². The van der Waals surface area contributed by atoms with Gasteiger partial charge in [0.1, 0.15) is 0 Å². The van der Waals surface area contributed by atoms with Crippen molar-refractivity contribution >= 4 is 17.8 Å². The lowest BCUT2D eigenvalue weighted by Gasteiger charge is -2.53. The van der Waals surface area contributed by atoms with E-state index in [9.17, 15) is 14.4 Å². The number of amides is 4. The van der Waals surface area contributed by atoms with Gasteiger partial charge in [-0.15, -0.1) is 0 Å². The molecule has 0 aromatic rings. The molecular weight excluding hydrogens is 320 g/mol. The molecule has 3 atom stereocenters. The maximum atomic E-state index is 13.0. The fourth-order valence-electron chi connectivity index (χ4n) is 5.18. The van der Waals surface area contributed by atoms with Crippen LogP contribution in [0, 0.1) is 11.8 Å². The highest BCUT2D eigenvalue weighted by Crippen LogP contribution is 2.38. The van der Waals surface area contributed by atoms with Crippen LogP contribution in [0.2, 0.25) is 0 Å². The van der Waals surface area contributed by atoms with Crippen LogP contribution in [0.15, 0.2) is 0 Å². The Morgan fingerprint density at radius 1 is 0.960 bits per heavy atom. The van der Waals surface area contributed by atoms with Gasteiger partial charge in [-0.1, -0.05) is 0 Å². The van der Waals surface area contributed by atoms with Gasteiger partial charge in [0.05, 0.1) is 0 Å². The molecule has 0 aliphatic carbocycles. The number of rotatable bonds is 0. The molecule has 4 rings (SSSR count). The van der Waals surface area contributed by atoms with Crippen LogP contribution in [0.4, 0.5) is 4.79 Å². The quantitative estimate of drug-likeness (QED) is 0.644. The summed E-state index contributed by atoms with van der Waals surface area (Å²) < 4.78 is 0. The summed E-state index contributed by atoms with van der Waals surface area (Å²) in [5.41, 5.74) is 0. The molecule has 0 aromatic carbocycles. The summed E-state index contributed by atoms with van der Waals surface area (Å²) in [6.07, 6.45) is 3.92. The first kappa shape index (κ1) is 16.7. The van der Waals surface area contributed by atoms with Crippen LogP contribution in [0.5, 0.6) is 0 Å². The van der Waals surface area contributed by atoms with Crippen LogP contribution < -0.4 is 0 Å². The van der Waals surface area contributed by atoms with Crippen molar-refractivity contribution in [1.82, 2.24) is 19.6 Å². The predicted octanol–water partition coefficient (Wildman–Crippen LogP) is 0.603. The van der Waals surface area contributed by atoms with Gasteiger partial charge in [0.2, 0.25) is 11.8 Å². The van der Waals surface area contributed by atoms with Gasteiger partial charge >= 0.3 is 6.03 Å². The fourth-order valence-corrected chi connectivity index (χ4v) is 5.18. The molecule has 0 spiro atoms. The smallest absolute Gasteiger partial charge is 0.320 e. The van der Waals surface area contributed by atoms with E-state index in [1.807, 2.05) is 9.80 Å². The highest BCUT2D eigenvalue weighted by Gasteiger charge is 2.45. The average molecular weight is 348 g/mol. The zero-order valence-electron chi connectivity index (χ0n) is 15.0.